The Balaban J connectivity index is 1.04. The number of ether oxygens (including phenoxy) is 2. The molecule has 0 aliphatic carbocycles. The zero-order valence-corrected chi connectivity index (χ0v) is 30.9. The van der Waals surface area contributed by atoms with Crippen LogP contribution in [0.15, 0.2) is 97.1 Å². The summed E-state index contributed by atoms with van der Waals surface area (Å²) in [6.45, 7) is 7.10. The van der Waals surface area contributed by atoms with Gasteiger partial charge in [-0.1, -0.05) is 48.6 Å². The van der Waals surface area contributed by atoms with Gasteiger partial charge >= 0.3 is 0 Å². The van der Waals surface area contributed by atoms with Crippen LogP contribution in [0.4, 0.5) is 10.0 Å². The fraction of sp³-hybridized carbons (Fsp3) is 0.200. The molecule has 9 rings (SSSR count). The van der Waals surface area contributed by atoms with Crippen molar-refractivity contribution in [3.63, 3.8) is 0 Å². The third-order valence-corrected chi connectivity index (χ3v) is 15.4. The molecule has 7 heterocycles. The number of benzene rings is 2. The van der Waals surface area contributed by atoms with Crippen LogP contribution in [0.25, 0.3) is 61.9 Å². The highest BCUT2D eigenvalue weighted by molar-refractivity contribution is 7.30. The molecule has 2 aromatic carbocycles. The Hall–Kier alpha value is -3.54. The van der Waals surface area contributed by atoms with Crippen molar-refractivity contribution in [3.8, 4) is 39.0 Å². The molecule has 49 heavy (non-hydrogen) atoms. The molecule has 5 aromatic heterocycles. The summed E-state index contributed by atoms with van der Waals surface area (Å²) in [5.41, 5.74) is 2.48. The van der Waals surface area contributed by atoms with Crippen molar-refractivity contribution < 1.29 is 9.47 Å². The lowest BCUT2D eigenvalue weighted by Crippen LogP contribution is -2.35. The van der Waals surface area contributed by atoms with Gasteiger partial charge in [0.2, 0.25) is 0 Å². The normalized spacial score (nSPS) is 15.6. The van der Waals surface area contributed by atoms with Crippen LogP contribution in [0.3, 0.4) is 0 Å². The first-order valence-electron chi connectivity index (χ1n) is 16.6. The maximum atomic E-state index is 5.58. The van der Waals surface area contributed by atoms with Crippen LogP contribution in [-0.4, -0.2) is 52.6 Å². The summed E-state index contributed by atoms with van der Waals surface area (Å²) in [6.07, 6.45) is 4.58. The van der Waals surface area contributed by atoms with Crippen LogP contribution in [0, 0.1) is 0 Å². The van der Waals surface area contributed by atoms with Crippen molar-refractivity contribution in [1.82, 2.24) is 0 Å². The van der Waals surface area contributed by atoms with Gasteiger partial charge in [-0.15, -0.1) is 56.7 Å². The van der Waals surface area contributed by atoms with E-state index in [0.717, 1.165) is 52.6 Å². The van der Waals surface area contributed by atoms with Crippen LogP contribution in [-0.2, 0) is 9.47 Å². The number of nitrogens with zero attached hydrogens (tertiary/aromatic N) is 2. The number of morpholine rings is 2. The molecule has 4 nitrogen and oxygen atoms in total. The van der Waals surface area contributed by atoms with E-state index in [1.165, 1.54) is 70.9 Å². The van der Waals surface area contributed by atoms with Gasteiger partial charge in [-0.3, -0.25) is 0 Å². The number of fused-ring (bicyclic) bond motifs is 1. The lowest BCUT2D eigenvalue weighted by Gasteiger charge is -2.27. The van der Waals surface area contributed by atoms with Crippen LogP contribution in [0.1, 0.15) is 11.1 Å². The van der Waals surface area contributed by atoms with Gasteiger partial charge in [0, 0.05) is 60.3 Å². The van der Waals surface area contributed by atoms with E-state index in [1.807, 2.05) is 56.7 Å². The maximum absolute atomic E-state index is 5.58. The molecule has 2 aliphatic heterocycles. The first kappa shape index (κ1) is 31.4. The minimum absolute atomic E-state index is 0.807. The van der Waals surface area contributed by atoms with E-state index >= 15 is 0 Å². The second-order valence-corrected chi connectivity index (χ2v) is 17.5. The van der Waals surface area contributed by atoms with Crippen molar-refractivity contribution in [2.75, 3.05) is 62.4 Å². The molecule has 0 amide bonds. The zero-order chi connectivity index (χ0) is 32.6. The van der Waals surface area contributed by atoms with Crippen molar-refractivity contribution in [1.29, 1.82) is 0 Å². The second-order valence-electron chi connectivity index (χ2n) is 12.1. The molecule has 2 saturated heterocycles. The van der Waals surface area contributed by atoms with Crippen LogP contribution >= 0.6 is 56.7 Å². The Labute approximate surface area is 306 Å². The van der Waals surface area contributed by atoms with Crippen molar-refractivity contribution in [3.05, 3.63) is 108 Å². The summed E-state index contributed by atoms with van der Waals surface area (Å²) in [6, 6.07) is 36.0. The average molecular weight is 735 g/mol. The molecule has 0 bridgehead atoms. The number of hydrogen-bond donors (Lipinski definition) is 0. The minimum atomic E-state index is 0.807. The topological polar surface area (TPSA) is 24.9 Å². The Morgan fingerprint density at radius 1 is 0.449 bits per heavy atom. The number of anilines is 2. The van der Waals surface area contributed by atoms with Gasteiger partial charge in [-0.2, -0.15) is 0 Å². The second kappa shape index (κ2) is 14.0. The maximum Gasteiger partial charge on any atom is 0.0916 e. The Bertz CT molecular complexity index is 2240. The van der Waals surface area contributed by atoms with Crippen LogP contribution in [0.5, 0.6) is 0 Å². The molecular weight excluding hydrogens is 701 g/mol. The average Bonchev–Trinajstić information content (AvgIpc) is 4.00. The highest BCUT2D eigenvalue weighted by Crippen LogP contribution is 2.48. The van der Waals surface area contributed by atoms with Crippen molar-refractivity contribution in [2.45, 2.75) is 0 Å². The molecule has 246 valence electrons. The smallest absolute Gasteiger partial charge is 0.0916 e. The number of rotatable bonds is 8. The minimum Gasteiger partial charge on any atom is -0.378 e. The SMILES string of the molecule is C(=C\c1cc(-c2ccc(-c3ccc(N4CCOCC4)s3)s2)sc1-c1ccc(-c2ccc(N3CCOCC3)s2)s1)/c1ccc2ccccc2c1. The predicted octanol–water partition coefficient (Wildman–Crippen LogP) is 11.7. The Morgan fingerprint density at radius 3 is 1.63 bits per heavy atom. The highest BCUT2D eigenvalue weighted by atomic mass is 32.1. The summed E-state index contributed by atoms with van der Waals surface area (Å²) in [4.78, 5) is 15.5. The van der Waals surface area contributed by atoms with Gasteiger partial charge in [-0.05, 0) is 82.6 Å². The first-order valence-corrected chi connectivity index (χ1v) is 20.7. The predicted molar refractivity (Wildman–Crippen MR) is 217 cm³/mol. The molecule has 0 N–H and O–H groups in total. The molecule has 2 aliphatic rings. The number of thiophene rings is 5. The monoisotopic (exact) mass is 734 g/mol. The van der Waals surface area contributed by atoms with Crippen molar-refractivity contribution in [2.24, 2.45) is 0 Å². The summed E-state index contributed by atoms with van der Waals surface area (Å²) in [5, 5.41) is 5.21. The van der Waals surface area contributed by atoms with E-state index in [9.17, 15) is 0 Å². The van der Waals surface area contributed by atoms with E-state index in [0.29, 0.717) is 0 Å². The molecule has 0 spiro atoms. The van der Waals surface area contributed by atoms with Gasteiger partial charge in [-0.25, -0.2) is 0 Å². The third kappa shape index (κ3) is 6.69. The van der Waals surface area contributed by atoms with Gasteiger partial charge in [0.1, 0.15) is 0 Å². The van der Waals surface area contributed by atoms with Gasteiger partial charge < -0.3 is 19.3 Å². The van der Waals surface area contributed by atoms with Crippen molar-refractivity contribution >= 4 is 89.6 Å². The first-order chi connectivity index (χ1) is 24.2. The summed E-state index contributed by atoms with van der Waals surface area (Å²) in [7, 11) is 0. The quantitative estimate of drug-likeness (QED) is 0.155. The molecule has 9 heteroatoms. The third-order valence-electron chi connectivity index (χ3n) is 8.98. The Kier molecular flexibility index (Phi) is 8.98. The fourth-order valence-corrected chi connectivity index (χ4v) is 12.0. The van der Waals surface area contributed by atoms with Crippen LogP contribution < -0.4 is 9.80 Å². The molecular formula is C40H34N2O2S5. The standard InChI is InChI=1S/C40H34N2O2S5/c1-2-4-29-25-27(5-7-28(29)3-1)6-8-30-26-37(35-10-9-31(45-35)33-13-15-38(47-33)41-17-21-43-22-18-41)49-40(30)36-12-11-32(46-36)34-14-16-39(48-34)42-19-23-44-24-20-42/h1-16,25-26H,17-24H2/b8-6+. The number of hydrogen-bond acceptors (Lipinski definition) is 9. The van der Waals surface area contributed by atoms with Gasteiger partial charge in [0.25, 0.3) is 0 Å². The molecule has 2 fully saturated rings. The summed E-state index contributed by atoms with van der Waals surface area (Å²) in [5.74, 6) is 0. The Morgan fingerprint density at radius 2 is 0.980 bits per heavy atom. The zero-order valence-electron chi connectivity index (χ0n) is 26.8. The van der Waals surface area contributed by atoms with Gasteiger partial charge in [0.05, 0.1) is 41.3 Å². The lowest BCUT2D eigenvalue weighted by atomic mass is 10.1. The van der Waals surface area contributed by atoms with Crippen LogP contribution in [0.2, 0.25) is 0 Å². The molecule has 0 atom stereocenters. The molecule has 0 saturated carbocycles. The highest BCUT2D eigenvalue weighted by Gasteiger charge is 2.19. The lowest BCUT2D eigenvalue weighted by molar-refractivity contribution is 0.123. The molecule has 7 aromatic rings. The molecule has 0 unspecified atom stereocenters. The largest absolute Gasteiger partial charge is 0.378 e. The van der Waals surface area contributed by atoms with E-state index in [1.54, 1.807) is 0 Å². The fourth-order valence-electron chi connectivity index (χ4n) is 6.36. The summed E-state index contributed by atoms with van der Waals surface area (Å²) < 4.78 is 11.2. The summed E-state index contributed by atoms with van der Waals surface area (Å²) >= 11 is 9.48. The van der Waals surface area contributed by atoms with E-state index < -0.39 is 0 Å². The van der Waals surface area contributed by atoms with E-state index in [4.69, 9.17) is 9.47 Å². The van der Waals surface area contributed by atoms with E-state index in [-0.39, 0.29) is 0 Å². The molecule has 0 radical (unpaired) electrons. The van der Waals surface area contributed by atoms with E-state index in [2.05, 4.69) is 119 Å². The van der Waals surface area contributed by atoms with Gasteiger partial charge in [0.15, 0.2) is 0 Å².